The number of halogens is 2. The molecule has 14 heavy (non-hydrogen) atoms. The predicted octanol–water partition coefficient (Wildman–Crippen LogP) is 1.80. The Bertz CT molecular complexity index is 260. The zero-order valence-electron chi connectivity index (χ0n) is 7.80. The third-order valence-corrected chi connectivity index (χ3v) is 1.41. The van der Waals surface area contributed by atoms with Gasteiger partial charge < -0.3 is 9.47 Å². The quantitative estimate of drug-likeness (QED) is 0.427. The molecule has 0 spiro atoms. The number of esters is 2. The molecule has 0 heterocycles. The number of rotatable bonds is 4. The minimum atomic E-state index is -1.87. The highest BCUT2D eigenvalue weighted by molar-refractivity contribution is 6.47. The highest BCUT2D eigenvalue weighted by Gasteiger charge is 2.30. The molecule has 0 aliphatic carbocycles. The van der Waals surface area contributed by atoms with Gasteiger partial charge in [-0.2, -0.15) is 0 Å². The maximum Gasteiger partial charge on any atom is 0.335 e. The van der Waals surface area contributed by atoms with Crippen LogP contribution in [0.2, 0.25) is 0 Å². The minimum Gasteiger partial charge on any atom is -0.459 e. The van der Waals surface area contributed by atoms with Crippen LogP contribution in [-0.2, 0) is 19.1 Å². The van der Waals surface area contributed by atoms with Gasteiger partial charge in [-0.3, -0.25) is 4.79 Å². The molecule has 0 aliphatic heterocycles. The van der Waals surface area contributed by atoms with Crippen molar-refractivity contribution >= 4 is 35.1 Å². The van der Waals surface area contributed by atoms with Crippen molar-refractivity contribution in [2.45, 2.75) is 18.4 Å². The second-order valence-electron chi connectivity index (χ2n) is 2.59. The van der Waals surface area contributed by atoms with E-state index in [1.165, 1.54) is 13.8 Å². The highest BCUT2D eigenvalue weighted by Crippen LogP contribution is 2.24. The fourth-order valence-electron chi connectivity index (χ4n) is 0.438. The fourth-order valence-corrected chi connectivity index (χ4v) is 0.687. The molecule has 0 aromatic rings. The Hall–Kier alpha value is -0.740. The molecule has 6 heteroatoms. The fraction of sp³-hybridized carbons (Fsp3) is 0.500. The summed E-state index contributed by atoms with van der Waals surface area (Å²) < 4.78 is 7.17. The van der Waals surface area contributed by atoms with Crippen LogP contribution in [-0.4, -0.2) is 23.1 Å². The molecule has 0 rings (SSSR count). The number of carbonyl (C=O) groups excluding carboxylic acids is 2. The van der Waals surface area contributed by atoms with Crippen LogP contribution in [0.25, 0.3) is 0 Å². The van der Waals surface area contributed by atoms with Crippen molar-refractivity contribution in [3.63, 3.8) is 0 Å². The molecule has 0 saturated carbocycles. The first kappa shape index (κ1) is 13.3. The standard InChI is InChI=1S/C8H10Cl2O4/c1-5(2)7(12)14-8(9,10)4-13-6(3)11/h1,4H2,2-3H3. The van der Waals surface area contributed by atoms with Crippen molar-refractivity contribution < 1.29 is 19.1 Å². The maximum atomic E-state index is 11.0. The van der Waals surface area contributed by atoms with Crippen molar-refractivity contribution in [2.24, 2.45) is 0 Å². The topological polar surface area (TPSA) is 52.6 Å². The first-order valence-electron chi connectivity index (χ1n) is 3.64. The number of alkyl halides is 2. The molecule has 0 radical (unpaired) electrons. The number of ether oxygens (including phenoxy) is 2. The first-order chi connectivity index (χ1) is 6.24. The van der Waals surface area contributed by atoms with Crippen LogP contribution in [0.3, 0.4) is 0 Å². The predicted molar refractivity (Wildman–Crippen MR) is 52.0 cm³/mol. The Balaban J connectivity index is 4.13. The van der Waals surface area contributed by atoms with Crippen LogP contribution in [0.1, 0.15) is 13.8 Å². The summed E-state index contributed by atoms with van der Waals surface area (Å²) in [5.74, 6) is -1.32. The Morgan fingerprint density at radius 2 is 1.86 bits per heavy atom. The van der Waals surface area contributed by atoms with Gasteiger partial charge in [0.1, 0.15) is 0 Å². The lowest BCUT2D eigenvalue weighted by Crippen LogP contribution is -2.29. The molecule has 0 fully saturated rings. The van der Waals surface area contributed by atoms with Gasteiger partial charge in [-0.1, -0.05) is 29.8 Å². The smallest absolute Gasteiger partial charge is 0.335 e. The Morgan fingerprint density at radius 1 is 1.36 bits per heavy atom. The van der Waals surface area contributed by atoms with Crippen LogP contribution < -0.4 is 0 Å². The molecular weight excluding hydrogens is 231 g/mol. The van der Waals surface area contributed by atoms with Crippen molar-refractivity contribution in [1.29, 1.82) is 0 Å². The van der Waals surface area contributed by atoms with Crippen LogP contribution in [0.5, 0.6) is 0 Å². The molecule has 80 valence electrons. The lowest BCUT2D eigenvalue weighted by atomic mass is 10.4. The summed E-state index contributed by atoms with van der Waals surface area (Å²) in [6, 6.07) is 0. The summed E-state index contributed by atoms with van der Waals surface area (Å²) >= 11 is 11.0. The highest BCUT2D eigenvalue weighted by atomic mass is 35.5. The monoisotopic (exact) mass is 240 g/mol. The normalized spacial score (nSPS) is 10.6. The molecule has 0 aromatic carbocycles. The first-order valence-corrected chi connectivity index (χ1v) is 4.40. The molecule has 0 amide bonds. The number of carbonyl (C=O) groups is 2. The molecule has 0 bridgehead atoms. The van der Waals surface area contributed by atoms with Crippen molar-refractivity contribution in [1.82, 2.24) is 0 Å². The second-order valence-corrected chi connectivity index (χ2v) is 4.00. The second kappa shape index (κ2) is 5.22. The maximum absolute atomic E-state index is 11.0. The van der Waals surface area contributed by atoms with E-state index >= 15 is 0 Å². The van der Waals surface area contributed by atoms with Gasteiger partial charge in [0.2, 0.25) is 0 Å². The van der Waals surface area contributed by atoms with E-state index in [1.54, 1.807) is 0 Å². The van der Waals surface area contributed by atoms with E-state index in [0.29, 0.717) is 0 Å². The van der Waals surface area contributed by atoms with Gasteiger partial charge in [0.15, 0.2) is 6.61 Å². The Morgan fingerprint density at radius 3 is 2.21 bits per heavy atom. The molecule has 0 atom stereocenters. The summed E-state index contributed by atoms with van der Waals surface area (Å²) in [7, 11) is 0. The largest absolute Gasteiger partial charge is 0.459 e. The van der Waals surface area contributed by atoms with Crippen molar-refractivity contribution in [3.8, 4) is 0 Å². The van der Waals surface area contributed by atoms with E-state index in [1.807, 2.05) is 0 Å². The van der Waals surface area contributed by atoms with Crippen molar-refractivity contribution in [3.05, 3.63) is 12.2 Å². The summed E-state index contributed by atoms with van der Waals surface area (Å²) in [6.45, 7) is 5.54. The molecule has 4 nitrogen and oxygen atoms in total. The van der Waals surface area contributed by atoms with Crippen molar-refractivity contribution in [2.75, 3.05) is 6.61 Å². The van der Waals surface area contributed by atoms with E-state index in [2.05, 4.69) is 16.1 Å². The van der Waals surface area contributed by atoms with E-state index < -0.39 is 23.1 Å². The summed E-state index contributed by atoms with van der Waals surface area (Å²) in [4.78, 5) is 21.4. The van der Waals surface area contributed by atoms with Gasteiger partial charge in [-0.05, 0) is 6.92 Å². The van der Waals surface area contributed by atoms with Crippen LogP contribution in [0.4, 0.5) is 0 Å². The van der Waals surface area contributed by atoms with Crippen LogP contribution >= 0.6 is 23.2 Å². The summed E-state index contributed by atoms with van der Waals surface area (Å²) in [6.07, 6.45) is 0. The van der Waals surface area contributed by atoms with E-state index in [0.717, 1.165) is 0 Å². The van der Waals surface area contributed by atoms with Gasteiger partial charge in [-0.15, -0.1) is 0 Å². The molecule has 0 N–H and O–H groups in total. The zero-order chi connectivity index (χ0) is 11.4. The number of hydrogen-bond acceptors (Lipinski definition) is 4. The van der Waals surface area contributed by atoms with Crippen LogP contribution in [0, 0.1) is 0 Å². The molecule has 0 aliphatic rings. The van der Waals surface area contributed by atoms with Crippen LogP contribution in [0.15, 0.2) is 12.2 Å². The van der Waals surface area contributed by atoms with Gasteiger partial charge >= 0.3 is 11.9 Å². The lowest BCUT2D eigenvalue weighted by molar-refractivity contribution is -0.153. The van der Waals surface area contributed by atoms with Gasteiger partial charge in [0.05, 0.1) is 0 Å². The average molecular weight is 241 g/mol. The SMILES string of the molecule is C=C(C)C(=O)OC(Cl)(Cl)COC(C)=O. The third kappa shape index (κ3) is 5.83. The third-order valence-electron chi connectivity index (χ3n) is 1.03. The van der Waals surface area contributed by atoms with Gasteiger partial charge in [0.25, 0.3) is 4.52 Å². The molecule has 0 unspecified atom stereocenters. The Labute approximate surface area is 91.8 Å². The lowest BCUT2D eigenvalue weighted by Gasteiger charge is -2.19. The van der Waals surface area contributed by atoms with E-state index in [4.69, 9.17) is 23.2 Å². The van der Waals surface area contributed by atoms with E-state index in [-0.39, 0.29) is 5.57 Å². The number of hydrogen-bond donors (Lipinski definition) is 0. The average Bonchev–Trinajstić information content (AvgIpc) is 2.00. The summed E-state index contributed by atoms with van der Waals surface area (Å²) in [5.41, 5.74) is 0.151. The molecular formula is C8H10Cl2O4. The zero-order valence-corrected chi connectivity index (χ0v) is 9.31. The molecule has 0 aromatic heterocycles. The molecule has 0 saturated heterocycles. The Kier molecular flexibility index (Phi) is 4.94. The minimum absolute atomic E-state index is 0.151. The van der Waals surface area contributed by atoms with E-state index in [9.17, 15) is 9.59 Å². The van der Waals surface area contributed by atoms with Gasteiger partial charge in [-0.25, -0.2) is 4.79 Å². The summed E-state index contributed by atoms with van der Waals surface area (Å²) in [5, 5.41) is 0. The van der Waals surface area contributed by atoms with Gasteiger partial charge in [0, 0.05) is 12.5 Å².